The van der Waals surface area contributed by atoms with Gasteiger partial charge in [0.1, 0.15) is 5.82 Å². The lowest BCUT2D eigenvalue weighted by Gasteiger charge is -2.43. The van der Waals surface area contributed by atoms with Crippen molar-refractivity contribution >= 4 is 22.7 Å². The summed E-state index contributed by atoms with van der Waals surface area (Å²) in [6.45, 7) is 3.88. The van der Waals surface area contributed by atoms with Gasteiger partial charge in [0.2, 0.25) is 5.91 Å². The zero-order chi connectivity index (χ0) is 28.0. The number of hydrogen-bond acceptors (Lipinski definition) is 4. The predicted octanol–water partition coefficient (Wildman–Crippen LogP) is 5.32. The van der Waals surface area contributed by atoms with Crippen LogP contribution in [0.4, 0.5) is 4.39 Å². The molecular formula is C32H40FN5O2. The summed E-state index contributed by atoms with van der Waals surface area (Å²) in [5.41, 5.74) is 3.04. The van der Waals surface area contributed by atoms with Gasteiger partial charge < -0.3 is 20.1 Å². The molecule has 2 saturated carbocycles. The highest BCUT2D eigenvalue weighted by atomic mass is 19.1. The van der Waals surface area contributed by atoms with E-state index in [9.17, 15) is 14.0 Å². The van der Waals surface area contributed by atoms with Gasteiger partial charge in [0, 0.05) is 43.0 Å². The molecule has 8 heteroatoms. The summed E-state index contributed by atoms with van der Waals surface area (Å²) in [6, 6.07) is 6.99. The summed E-state index contributed by atoms with van der Waals surface area (Å²) in [4.78, 5) is 32.7. The van der Waals surface area contributed by atoms with E-state index in [1.54, 1.807) is 24.2 Å². The molecule has 7 nitrogen and oxygen atoms in total. The van der Waals surface area contributed by atoms with Gasteiger partial charge in [-0.05, 0) is 100 Å². The van der Waals surface area contributed by atoms with Crippen LogP contribution < -0.4 is 10.6 Å². The molecule has 2 aromatic heterocycles. The molecule has 1 unspecified atom stereocenters. The molecule has 0 spiro atoms. The van der Waals surface area contributed by atoms with Crippen LogP contribution in [0, 0.1) is 11.7 Å². The molecule has 3 aromatic rings. The smallest absolute Gasteiger partial charge is 0.256 e. The van der Waals surface area contributed by atoms with Crippen molar-refractivity contribution in [3.8, 4) is 5.69 Å². The van der Waals surface area contributed by atoms with E-state index >= 15 is 0 Å². The lowest BCUT2D eigenvalue weighted by molar-refractivity contribution is -0.127. The molecule has 4 aliphatic rings. The number of aromatic nitrogens is 2. The molecule has 2 aliphatic heterocycles. The van der Waals surface area contributed by atoms with E-state index in [2.05, 4.69) is 21.8 Å². The largest absolute Gasteiger partial charge is 0.352 e. The van der Waals surface area contributed by atoms with Crippen LogP contribution in [0.25, 0.3) is 16.6 Å². The van der Waals surface area contributed by atoms with E-state index in [1.807, 2.05) is 30.7 Å². The molecule has 40 heavy (non-hydrogen) atoms. The minimum absolute atomic E-state index is 0.0179. The second-order valence-electron chi connectivity index (χ2n) is 12.3. The number of pyridine rings is 1. The van der Waals surface area contributed by atoms with Gasteiger partial charge in [0.15, 0.2) is 0 Å². The molecule has 212 valence electrons. The van der Waals surface area contributed by atoms with Gasteiger partial charge >= 0.3 is 0 Å². The highest BCUT2D eigenvalue weighted by Crippen LogP contribution is 2.39. The maximum Gasteiger partial charge on any atom is 0.256 e. The second kappa shape index (κ2) is 11.0. The number of nitrogens with one attached hydrogen (secondary N) is 2. The molecule has 1 aromatic carbocycles. The normalized spacial score (nSPS) is 26.3. The van der Waals surface area contributed by atoms with Crippen LogP contribution in [0.5, 0.6) is 0 Å². The maximum absolute atomic E-state index is 14.4. The fourth-order valence-electron chi connectivity index (χ4n) is 7.13. The van der Waals surface area contributed by atoms with E-state index in [4.69, 9.17) is 0 Å². The fourth-order valence-corrected chi connectivity index (χ4v) is 7.13. The molecule has 4 fully saturated rings. The molecule has 2 aliphatic carbocycles. The van der Waals surface area contributed by atoms with Gasteiger partial charge in [0.05, 0.1) is 29.0 Å². The first-order valence-corrected chi connectivity index (χ1v) is 14.9. The van der Waals surface area contributed by atoms with E-state index < -0.39 is 5.82 Å². The average Bonchev–Trinajstić information content (AvgIpc) is 3.36. The Bertz CT molecular complexity index is 1410. The Labute approximate surface area is 235 Å². The molecule has 2 N–H and O–H groups in total. The van der Waals surface area contributed by atoms with Crippen molar-refractivity contribution < 1.29 is 14.0 Å². The number of piperidine rings is 2. The molecule has 7 rings (SSSR count). The highest BCUT2D eigenvalue weighted by Gasteiger charge is 2.40. The van der Waals surface area contributed by atoms with Crippen LogP contribution in [-0.2, 0) is 4.79 Å². The summed E-state index contributed by atoms with van der Waals surface area (Å²) in [5.74, 6) is 0.222. The van der Waals surface area contributed by atoms with Crippen LogP contribution in [-0.4, -0.2) is 57.5 Å². The Hall–Kier alpha value is -3.26. The van der Waals surface area contributed by atoms with Crippen molar-refractivity contribution in [3.63, 3.8) is 0 Å². The average molecular weight is 546 g/mol. The van der Waals surface area contributed by atoms with E-state index in [0.29, 0.717) is 23.2 Å². The lowest BCUT2D eigenvalue weighted by Crippen LogP contribution is -2.60. The number of amides is 2. The van der Waals surface area contributed by atoms with Crippen molar-refractivity contribution in [2.24, 2.45) is 5.92 Å². The Morgan fingerprint density at radius 1 is 1.12 bits per heavy atom. The van der Waals surface area contributed by atoms with Crippen LogP contribution in [0.3, 0.4) is 0 Å². The molecule has 2 amide bonds. The summed E-state index contributed by atoms with van der Waals surface area (Å²) in [6.07, 6.45) is 14.3. The predicted molar refractivity (Wildman–Crippen MR) is 154 cm³/mol. The third kappa shape index (κ3) is 5.02. The third-order valence-corrected chi connectivity index (χ3v) is 9.58. The number of hydrogen-bond donors (Lipinski definition) is 2. The first kappa shape index (κ1) is 26.9. The number of carbonyl (C=O) groups is 2. The van der Waals surface area contributed by atoms with E-state index in [-0.39, 0.29) is 35.9 Å². The Balaban J connectivity index is 1.29. The van der Waals surface area contributed by atoms with E-state index in [1.165, 1.54) is 30.5 Å². The third-order valence-electron chi connectivity index (χ3n) is 9.58. The molecule has 2 bridgehead atoms. The fraction of sp³-hybridized carbons (Fsp3) is 0.531. The standard InChI is InChI=1S/C32H40FN5O2/c1-19(2)37(3)32(40)26-16-22(33)9-12-28(26)38-18-27(25-13-14-34-17-29(25)38)21-5-4-6-24(15-21)36-31(39)30-20-7-10-23(35-30)11-8-20/h9,12-14,16-21,23-24,30,35H,4-8,10-11,15H2,1-3H3,(H,36,39)/t20?,21?,23?,24-,30+/m0/s1. The second-order valence-corrected chi connectivity index (χ2v) is 12.3. The number of fused-ring (bicyclic) bond motifs is 4. The van der Waals surface area contributed by atoms with Crippen molar-refractivity contribution in [2.75, 3.05) is 7.05 Å². The van der Waals surface area contributed by atoms with Gasteiger partial charge in [-0.1, -0.05) is 6.42 Å². The van der Waals surface area contributed by atoms with Crippen molar-refractivity contribution in [3.05, 3.63) is 59.8 Å². The van der Waals surface area contributed by atoms with Gasteiger partial charge in [-0.25, -0.2) is 4.39 Å². The SMILES string of the molecule is CC(C)N(C)C(=O)c1cc(F)ccc1-n1cc(C2CCC[C@H](NC(=O)[C@@H]3NC4CCC3CC4)C2)c2ccncc21. The number of nitrogens with zero attached hydrogens (tertiary/aromatic N) is 3. The minimum Gasteiger partial charge on any atom is -0.352 e. The molecule has 2 saturated heterocycles. The lowest BCUT2D eigenvalue weighted by atomic mass is 9.75. The van der Waals surface area contributed by atoms with Gasteiger partial charge in [-0.2, -0.15) is 0 Å². The van der Waals surface area contributed by atoms with Crippen LogP contribution >= 0.6 is 0 Å². The summed E-state index contributed by atoms with van der Waals surface area (Å²) in [7, 11) is 1.74. The summed E-state index contributed by atoms with van der Waals surface area (Å²) < 4.78 is 16.4. The molecular weight excluding hydrogens is 505 g/mol. The number of carbonyl (C=O) groups excluding carboxylic acids is 2. The topological polar surface area (TPSA) is 79.3 Å². The number of rotatable bonds is 6. The monoisotopic (exact) mass is 545 g/mol. The first-order chi connectivity index (χ1) is 19.3. The Morgan fingerprint density at radius 3 is 2.65 bits per heavy atom. The van der Waals surface area contributed by atoms with Gasteiger partial charge in [0.25, 0.3) is 5.91 Å². The van der Waals surface area contributed by atoms with Crippen molar-refractivity contribution in [2.45, 2.75) is 95.3 Å². The Morgan fingerprint density at radius 2 is 1.93 bits per heavy atom. The zero-order valence-electron chi connectivity index (χ0n) is 23.7. The number of benzene rings is 1. The minimum atomic E-state index is -0.439. The van der Waals surface area contributed by atoms with Crippen molar-refractivity contribution in [1.29, 1.82) is 0 Å². The van der Waals surface area contributed by atoms with Gasteiger partial charge in [-0.15, -0.1) is 0 Å². The summed E-state index contributed by atoms with van der Waals surface area (Å²) >= 11 is 0. The molecule has 3 atom stereocenters. The van der Waals surface area contributed by atoms with Gasteiger partial charge in [-0.3, -0.25) is 14.6 Å². The number of halogens is 1. The van der Waals surface area contributed by atoms with Crippen LogP contribution in [0.2, 0.25) is 0 Å². The maximum atomic E-state index is 14.4. The first-order valence-electron chi connectivity index (χ1n) is 14.9. The molecule has 4 heterocycles. The Kier molecular flexibility index (Phi) is 7.38. The quantitative estimate of drug-likeness (QED) is 0.440. The molecule has 0 radical (unpaired) electrons. The van der Waals surface area contributed by atoms with E-state index in [0.717, 1.165) is 49.4 Å². The van der Waals surface area contributed by atoms with Crippen LogP contribution in [0.1, 0.15) is 87.1 Å². The van der Waals surface area contributed by atoms with Crippen molar-refractivity contribution in [1.82, 2.24) is 25.1 Å². The summed E-state index contributed by atoms with van der Waals surface area (Å²) in [5, 5.41) is 8.07. The highest BCUT2D eigenvalue weighted by molar-refractivity contribution is 5.99. The zero-order valence-corrected chi connectivity index (χ0v) is 23.7. The van der Waals surface area contributed by atoms with Crippen LogP contribution in [0.15, 0.2) is 42.9 Å².